The lowest BCUT2D eigenvalue weighted by Crippen LogP contribution is -2.27. The van der Waals surface area contributed by atoms with Crippen LogP contribution in [0.1, 0.15) is 29.9 Å². The van der Waals surface area contributed by atoms with Crippen LogP contribution in [-0.4, -0.2) is 18.1 Å². The van der Waals surface area contributed by atoms with Crippen molar-refractivity contribution in [3.05, 3.63) is 30.0 Å². The van der Waals surface area contributed by atoms with Gasteiger partial charge in [-0.1, -0.05) is 12.7 Å². The number of hydrogen-bond acceptors (Lipinski definition) is 4. The number of aromatic nitrogens is 1. The second kappa shape index (κ2) is 5.46. The molecule has 1 aromatic heterocycles. The van der Waals surface area contributed by atoms with Crippen molar-refractivity contribution in [2.75, 3.05) is 18.4 Å². The van der Waals surface area contributed by atoms with E-state index in [1.807, 2.05) is 12.3 Å². The predicted octanol–water partition coefficient (Wildman–Crippen LogP) is 2.08. The molecule has 1 aliphatic heterocycles. The molecule has 4 nitrogen and oxygen atoms in total. The average molecular weight is 228 g/mol. The van der Waals surface area contributed by atoms with E-state index in [-0.39, 0.29) is 0 Å². The Labute approximate surface area is 101 Å². The summed E-state index contributed by atoms with van der Waals surface area (Å²) in [5, 5.41) is 14.7. The highest BCUT2D eigenvalue weighted by Crippen LogP contribution is 2.31. The van der Waals surface area contributed by atoms with Gasteiger partial charge in [-0.3, -0.25) is 5.32 Å². The van der Waals surface area contributed by atoms with E-state index in [0.717, 1.165) is 31.5 Å². The number of hydrogen-bond donors (Lipinski definition) is 2. The summed E-state index contributed by atoms with van der Waals surface area (Å²) < 4.78 is 0. The monoisotopic (exact) mass is 228 g/mol. The molecule has 2 heterocycles. The van der Waals surface area contributed by atoms with Gasteiger partial charge in [0.05, 0.1) is 0 Å². The van der Waals surface area contributed by atoms with Crippen LogP contribution < -0.4 is 10.6 Å². The Bertz CT molecular complexity index is 441. The molecule has 0 bridgehead atoms. The molecule has 0 aromatic carbocycles. The Kier molecular flexibility index (Phi) is 3.73. The maximum absolute atomic E-state index is 8.70. The first-order valence-corrected chi connectivity index (χ1v) is 5.84. The molecular formula is C13H16N4. The zero-order valence-corrected chi connectivity index (χ0v) is 9.74. The molecule has 88 valence electrons. The largest absolute Gasteiger partial charge is 0.317 e. The Morgan fingerprint density at radius 1 is 1.53 bits per heavy atom. The maximum Gasteiger partial charge on any atom is 0.182 e. The van der Waals surface area contributed by atoms with E-state index < -0.39 is 0 Å². The number of pyridine rings is 1. The summed E-state index contributed by atoms with van der Waals surface area (Å²) >= 11 is 0. The van der Waals surface area contributed by atoms with Crippen LogP contribution in [0.5, 0.6) is 0 Å². The standard InChI is InChI=1S/C13H16N4/c1-2-11-12(10-3-6-15-7-4-10)5-8-16-13(11)17-9-14/h2,5,8,10,15H,1,3-4,6-7H2,(H,16,17). The van der Waals surface area contributed by atoms with E-state index >= 15 is 0 Å². The van der Waals surface area contributed by atoms with Gasteiger partial charge >= 0.3 is 0 Å². The minimum absolute atomic E-state index is 0.534. The van der Waals surface area contributed by atoms with Crippen molar-refractivity contribution in [2.24, 2.45) is 0 Å². The minimum Gasteiger partial charge on any atom is -0.317 e. The van der Waals surface area contributed by atoms with Crippen LogP contribution in [0.15, 0.2) is 18.8 Å². The Balaban J connectivity index is 2.35. The summed E-state index contributed by atoms with van der Waals surface area (Å²) in [5.74, 6) is 1.14. The second-order valence-corrected chi connectivity index (χ2v) is 4.13. The second-order valence-electron chi connectivity index (χ2n) is 4.13. The molecule has 1 fully saturated rings. The van der Waals surface area contributed by atoms with Gasteiger partial charge in [0, 0.05) is 11.8 Å². The molecule has 4 heteroatoms. The van der Waals surface area contributed by atoms with Crippen molar-refractivity contribution in [1.29, 1.82) is 5.26 Å². The molecule has 2 rings (SSSR count). The maximum atomic E-state index is 8.70. The number of nitrogens with one attached hydrogen (secondary N) is 2. The van der Waals surface area contributed by atoms with Gasteiger partial charge in [-0.2, -0.15) is 5.26 Å². The van der Waals surface area contributed by atoms with Crippen molar-refractivity contribution in [3.8, 4) is 6.19 Å². The Morgan fingerprint density at radius 2 is 2.29 bits per heavy atom. The molecule has 2 N–H and O–H groups in total. The first kappa shape index (κ1) is 11.6. The van der Waals surface area contributed by atoms with Crippen molar-refractivity contribution in [2.45, 2.75) is 18.8 Å². The SMILES string of the molecule is C=Cc1c(C2CCNCC2)ccnc1NC#N. The summed E-state index contributed by atoms with van der Waals surface area (Å²) in [5.41, 5.74) is 2.20. The number of nitrogens with zero attached hydrogens (tertiary/aromatic N) is 2. The number of anilines is 1. The van der Waals surface area contributed by atoms with Crippen LogP contribution in [-0.2, 0) is 0 Å². The normalized spacial score (nSPS) is 16.2. The summed E-state index contributed by atoms with van der Waals surface area (Å²) in [6, 6.07) is 2.04. The number of piperidine rings is 1. The van der Waals surface area contributed by atoms with Gasteiger partial charge in [-0.05, 0) is 43.5 Å². The molecule has 0 spiro atoms. The molecular weight excluding hydrogens is 212 g/mol. The van der Waals surface area contributed by atoms with E-state index in [1.165, 1.54) is 5.56 Å². The molecule has 17 heavy (non-hydrogen) atoms. The van der Waals surface area contributed by atoms with Crippen molar-refractivity contribution < 1.29 is 0 Å². The van der Waals surface area contributed by atoms with Crippen LogP contribution in [0.25, 0.3) is 6.08 Å². The molecule has 0 atom stereocenters. The van der Waals surface area contributed by atoms with Crippen LogP contribution >= 0.6 is 0 Å². The van der Waals surface area contributed by atoms with Gasteiger partial charge in [-0.25, -0.2) is 4.98 Å². The molecule has 1 aromatic rings. The summed E-state index contributed by atoms with van der Waals surface area (Å²) in [6.45, 7) is 5.92. The summed E-state index contributed by atoms with van der Waals surface area (Å²) in [7, 11) is 0. The smallest absolute Gasteiger partial charge is 0.182 e. The predicted molar refractivity (Wildman–Crippen MR) is 68.4 cm³/mol. The van der Waals surface area contributed by atoms with Crippen LogP contribution in [0.4, 0.5) is 5.82 Å². The van der Waals surface area contributed by atoms with Crippen molar-refractivity contribution in [1.82, 2.24) is 10.3 Å². The zero-order valence-electron chi connectivity index (χ0n) is 9.74. The third-order valence-electron chi connectivity index (χ3n) is 3.18. The fourth-order valence-electron chi connectivity index (χ4n) is 2.34. The van der Waals surface area contributed by atoms with Gasteiger partial charge in [0.1, 0.15) is 5.82 Å². The molecule has 1 saturated heterocycles. The Hall–Kier alpha value is -1.86. The number of rotatable bonds is 3. The zero-order chi connectivity index (χ0) is 12.1. The first-order valence-electron chi connectivity index (χ1n) is 5.84. The quantitative estimate of drug-likeness (QED) is 0.614. The molecule has 0 saturated carbocycles. The van der Waals surface area contributed by atoms with Gasteiger partial charge in [-0.15, -0.1) is 0 Å². The van der Waals surface area contributed by atoms with E-state index in [9.17, 15) is 0 Å². The highest BCUT2D eigenvalue weighted by atomic mass is 15.0. The summed E-state index contributed by atoms with van der Waals surface area (Å²) in [4.78, 5) is 4.17. The van der Waals surface area contributed by atoms with Crippen LogP contribution in [0.2, 0.25) is 0 Å². The van der Waals surface area contributed by atoms with Crippen molar-refractivity contribution >= 4 is 11.9 Å². The fraction of sp³-hybridized carbons (Fsp3) is 0.385. The van der Waals surface area contributed by atoms with Gasteiger partial charge in [0.2, 0.25) is 0 Å². The van der Waals surface area contributed by atoms with Gasteiger partial charge < -0.3 is 5.32 Å². The third-order valence-corrected chi connectivity index (χ3v) is 3.18. The van der Waals surface area contributed by atoms with E-state index in [2.05, 4.69) is 22.2 Å². The molecule has 1 aliphatic rings. The van der Waals surface area contributed by atoms with E-state index in [0.29, 0.717) is 11.7 Å². The van der Waals surface area contributed by atoms with E-state index in [4.69, 9.17) is 5.26 Å². The van der Waals surface area contributed by atoms with Gasteiger partial charge in [0.15, 0.2) is 6.19 Å². The first-order chi connectivity index (χ1) is 8.36. The molecule has 0 aliphatic carbocycles. The van der Waals surface area contributed by atoms with Crippen molar-refractivity contribution in [3.63, 3.8) is 0 Å². The molecule has 0 unspecified atom stereocenters. The Morgan fingerprint density at radius 3 is 2.94 bits per heavy atom. The summed E-state index contributed by atoms with van der Waals surface area (Å²) in [6.07, 6.45) is 7.70. The van der Waals surface area contributed by atoms with Crippen LogP contribution in [0.3, 0.4) is 0 Å². The number of nitriles is 1. The fourth-order valence-corrected chi connectivity index (χ4v) is 2.34. The lowest BCUT2D eigenvalue weighted by Gasteiger charge is -2.24. The lowest BCUT2D eigenvalue weighted by atomic mass is 9.87. The van der Waals surface area contributed by atoms with Gasteiger partial charge in [0.25, 0.3) is 0 Å². The average Bonchev–Trinajstić information content (AvgIpc) is 2.40. The highest BCUT2D eigenvalue weighted by Gasteiger charge is 2.19. The van der Waals surface area contributed by atoms with Crippen LogP contribution in [0, 0.1) is 11.5 Å². The minimum atomic E-state index is 0.534. The third kappa shape index (κ3) is 2.45. The topological polar surface area (TPSA) is 60.7 Å². The lowest BCUT2D eigenvalue weighted by molar-refractivity contribution is 0.460. The highest BCUT2D eigenvalue weighted by molar-refractivity contribution is 5.67. The van der Waals surface area contributed by atoms with E-state index in [1.54, 1.807) is 12.3 Å². The molecule has 0 radical (unpaired) electrons. The molecule has 0 amide bonds.